The number of carbonyl (C=O) groups excluding carboxylic acids is 1. The molecule has 0 saturated carbocycles. The lowest BCUT2D eigenvalue weighted by Gasteiger charge is -2.18. The van der Waals surface area contributed by atoms with Crippen molar-refractivity contribution >= 4 is 38.2 Å². The number of amides is 1. The standard InChI is InChI=1S/C24H21ClN2O3S/c25-18-10-12-19(13-11-18)31(29,30)16-24(28)27-14-21(17-6-2-1-3-7-17)22-15-26-23-9-5-4-8-20(22)23/h1-13,15,21,26H,14,16H2,(H,27,28). The number of H-pyrrole nitrogens is 1. The van der Waals surface area contributed by atoms with E-state index in [0.29, 0.717) is 5.02 Å². The monoisotopic (exact) mass is 452 g/mol. The normalized spacial score (nSPS) is 12.5. The zero-order valence-electron chi connectivity index (χ0n) is 16.6. The van der Waals surface area contributed by atoms with Crippen molar-refractivity contribution in [1.29, 1.82) is 0 Å². The molecule has 0 radical (unpaired) electrons. The second-order valence-corrected chi connectivity index (χ2v) is 9.70. The molecule has 7 heteroatoms. The number of nitrogens with one attached hydrogen (secondary N) is 2. The fourth-order valence-corrected chi connectivity index (χ4v) is 4.93. The Morgan fingerprint density at radius 1 is 0.935 bits per heavy atom. The van der Waals surface area contributed by atoms with Crippen LogP contribution in [0.5, 0.6) is 0 Å². The maximum absolute atomic E-state index is 12.6. The summed E-state index contributed by atoms with van der Waals surface area (Å²) in [6, 6.07) is 23.6. The maximum atomic E-state index is 12.6. The summed E-state index contributed by atoms with van der Waals surface area (Å²) >= 11 is 5.82. The number of aromatic nitrogens is 1. The predicted octanol–water partition coefficient (Wildman–Crippen LogP) is 4.54. The van der Waals surface area contributed by atoms with Gasteiger partial charge in [0, 0.05) is 34.6 Å². The van der Waals surface area contributed by atoms with Gasteiger partial charge in [-0.1, -0.05) is 60.1 Å². The van der Waals surface area contributed by atoms with Gasteiger partial charge in [-0.2, -0.15) is 0 Å². The van der Waals surface area contributed by atoms with Gasteiger partial charge in [-0.25, -0.2) is 8.42 Å². The molecule has 4 rings (SSSR count). The highest BCUT2D eigenvalue weighted by Gasteiger charge is 2.22. The summed E-state index contributed by atoms with van der Waals surface area (Å²) in [6.45, 7) is 0.279. The minimum atomic E-state index is -3.75. The van der Waals surface area contributed by atoms with Crippen LogP contribution >= 0.6 is 11.6 Å². The maximum Gasteiger partial charge on any atom is 0.235 e. The number of benzene rings is 3. The third kappa shape index (κ3) is 4.81. The molecule has 1 atom stereocenters. The van der Waals surface area contributed by atoms with E-state index in [1.165, 1.54) is 24.3 Å². The van der Waals surface area contributed by atoms with Gasteiger partial charge in [0.15, 0.2) is 9.84 Å². The van der Waals surface area contributed by atoms with E-state index in [9.17, 15) is 13.2 Å². The number of hydrogen-bond acceptors (Lipinski definition) is 3. The third-order valence-electron chi connectivity index (χ3n) is 5.20. The first-order valence-electron chi connectivity index (χ1n) is 9.80. The van der Waals surface area contributed by atoms with Crippen LogP contribution in [0.15, 0.2) is 90.0 Å². The van der Waals surface area contributed by atoms with Crippen LogP contribution in [0.2, 0.25) is 5.02 Å². The average molecular weight is 453 g/mol. The van der Waals surface area contributed by atoms with Crippen LogP contribution in [0.1, 0.15) is 17.0 Å². The van der Waals surface area contributed by atoms with E-state index < -0.39 is 21.5 Å². The highest BCUT2D eigenvalue weighted by Crippen LogP contribution is 2.30. The molecule has 3 aromatic carbocycles. The van der Waals surface area contributed by atoms with E-state index in [2.05, 4.69) is 10.3 Å². The fraction of sp³-hybridized carbons (Fsp3) is 0.125. The number of aromatic amines is 1. The summed E-state index contributed by atoms with van der Waals surface area (Å²) in [7, 11) is -3.75. The molecule has 2 N–H and O–H groups in total. The molecule has 0 fully saturated rings. The molecule has 5 nitrogen and oxygen atoms in total. The Labute approximate surface area is 186 Å². The van der Waals surface area contributed by atoms with E-state index in [4.69, 9.17) is 11.6 Å². The molecule has 1 heterocycles. The van der Waals surface area contributed by atoms with Crippen molar-refractivity contribution in [3.05, 3.63) is 101 Å². The molecule has 0 aliphatic carbocycles. The smallest absolute Gasteiger partial charge is 0.235 e. The molecule has 1 unspecified atom stereocenters. The molecular weight excluding hydrogens is 432 g/mol. The van der Waals surface area contributed by atoms with Gasteiger partial charge in [0.05, 0.1) is 4.90 Å². The second kappa shape index (κ2) is 8.96. The van der Waals surface area contributed by atoms with Crippen LogP contribution in [-0.2, 0) is 14.6 Å². The average Bonchev–Trinajstić information content (AvgIpc) is 3.19. The Bertz CT molecular complexity index is 1300. The predicted molar refractivity (Wildman–Crippen MR) is 123 cm³/mol. The van der Waals surface area contributed by atoms with E-state index in [1.54, 1.807) is 0 Å². The Morgan fingerprint density at radius 2 is 1.61 bits per heavy atom. The van der Waals surface area contributed by atoms with E-state index in [-0.39, 0.29) is 17.4 Å². The summed E-state index contributed by atoms with van der Waals surface area (Å²) < 4.78 is 25.1. The van der Waals surface area contributed by atoms with Crippen molar-refractivity contribution in [3.63, 3.8) is 0 Å². The molecule has 0 aliphatic rings. The molecule has 1 amide bonds. The first-order valence-corrected chi connectivity index (χ1v) is 11.8. The summed E-state index contributed by atoms with van der Waals surface area (Å²) in [5.74, 6) is -1.29. The summed E-state index contributed by atoms with van der Waals surface area (Å²) in [4.78, 5) is 15.9. The van der Waals surface area contributed by atoms with Crippen LogP contribution < -0.4 is 5.32 Å². The first kappa shape index (κ1) is 21.2. The number of sulfone groups is 1. The largest absolute Gasteiger partial charge is 0.361 e. The molecular formula is C24H21ClN2O3S. The summed E-state index contributed by atoms with van der Waals surface area (Å²) in [5, 5.41) is 4.32. The van der Waals surface area contributed by atoms with Gasteiger partial charge in [-0.05, 0) is 41.5 Å². The fourth-order valence-electron chi connectivity index (χ4n) is 3.64. The molecule has 158 valence electrons. The van der Waals surface area contributed by atoms with Gasteiger partial charge in [-0.15, -0.1) is 0 Å². The van der Waals surface area contributed by atoms with Crippen LogP contribution in [0.3, 0.4) is 0 Å². The van der Waals surface area contributed by atoms with Gasteiger partial charge in [0.25, 0.3) is 0 Å². The lowest BCUT2D eigenvalue weighted by Crippen LogP contribution is -2.33. The van der Waals surface area contributed by atoms with Crippen molar-refractivity contribution in [2.24, 2.45) is 0 Å². The number of para-hydroxylation sites is 1. The van der Waals surface area contributed by atoms with E-state index >= 15 is 0 Å². The molecule has 31 heavy (non-hydrogen) atoms. The number of halogens is 1. The minimum absolute atomic E-state index is 0.0725. The van der Waals surface area contributed by atoms with Gasteiger partial charge in [0.1, 0.15) is 5.75 Å². The Hall–Kier alpha value is -3.09. The van der Waals surface area contributed by atoms with Crippen LogP contribution in [0, 0.1) is 0 Å². The topological polar surface area (TPSA) is 79.0 Å². The van der Waals surface area contributed by atoms with Gasteiger partial charge >= 0.3 is 0 Å². The number of carbonyl (C=O) groups is 1. The molecule has 1 aromatic heterocycles. The molecule has 4 aromatic rings. The van der Waals surface area contributed by atoms with Crippen molar-refractivity contribution in [2.75, 3.05) is 12.3 Å². The Kier molecular flexibility index (Phi) is 6.11. The van der Waals surface area contributed by atoms with Crippen LogP contribution in [0.4, 0.5) is 0 Å². The molecule has 0 bridgehead atoms. The van der Waals surface area contributed by atoms with Gasteiger partial charge in [-0.3, -0.25) is 4.79 Å². The lowest BCUT2D eigenvalue weighted by atomic mass is 9.91. The summed E-state index contributed by atoms with van der Waals surface area (Å²) in [6.07, 6.45) is 1.94. The zero-order valence-corrected chi connectivity index (χ0v) is 18.2. The molecule has 0 aliphatic heterocycles. The quantitative estimate of drug-likeness (QED) is 0.432. The zero-order chi connectivity index (χ0) is 21.8. The van der Waals surface area contributed by atoms with Crippen molar-refractivity contribution in [2.45, 2.75) is 10.8 Å². The van der Waals surface area contributed by atoms with Gasteiger partial charge in [0.2, 0.25) is 5.91 Å². The van der Waals surface area contributed by atoms with Gasteiger partial charge < -0.3 is 10.3 Å². The Balaban J connectivity index is 1.54. The summed E-state index contributed by atoms with van der Waals surface area (Å²) in [5.41, 5.74) is 3.09. The van der Waals surface area contributed by atoms with Crippen molar-refractivity contribution in [3.8, 4) is 0 Å². The number of hydrogen-bond donors (Lipinski definition) is 2. The highest BCUT2D eigenvalue weighted by atomic mass is 35.5. The third-order valence-corrected chi connectivity index (χ3v) is 7.08. The van der Waals surface area contributed by atoms with Crippen LogP contribution in [0.25, 0.3) is 10.9 Å². The minimum Gasteiger partial charge on any atom is -0.361 e. The van der Waals surface area contributed by atoms with E-state index in [0.717, 1.165) is 22.0 Å². The SMILES string of the molecule is O=C(CS(=O)(=O)c1ccc(Cl)cc1)NCC(c1ccccc1)c1c[nH]c2ccccc12. The first-order chi connectivity index (χ1) is 14.9. The molecule has 0 saturated heterocycles. The highest BCUT2D eigenvalue weighted by molar-refractivity contribution is 7.92. The second-order valence-electron chi connectivity index (χ2n) is 7.27. The van der Waals surface area contributed by atoms with Crippen LogP contribution in [-0.4, -0.2) is 31.6 Å². The lowest BCUT2D eigenvalue weighted by molar-refractivity contribution is -0.118. The van der Waals surface area contributed by atoms with Crippen molar-refractivity contribution in [1.82, 2.24) is 10.3 Å². The molecule has 0 spiro atoms. The Morgan fingerprint density at radius 3 is 2.35 bits per heavy atom. The number of rotatable bonds is 7. The number of fused-ring (bicyclic) bond motifs is 1. The van der Waals surface area contributed by atoms with E-state index in [1.807, 2.05) is 60.8 Å². The van der Waals surface area contributed by atoms with Crippen molar-refractivity contribution < 1.29 is 13.2 Å².